The van der Waals surface area contributed by atoms with E-state index in [-0.39, 0.29) is 11.3 Å². The van der Waals surface area contributed by atoms with Crippen molar-refractivity contribution in [3.63, 3.8) is 0 Å². The molecule has 0 aliphatic carbocycles. The van der Waals surface area contributed by atoms with Gasteiger partial charge in [-0.1, -0.05) is 24.3 Å². The highest BCUT2D eigenvalue weighted by Crippen LogP contribution is 2.28. The first kappa shape index (κ1) is 14.4. The fourth-order valence-electron chi connectivity index (χ4n) is 2.02. The Morgan fingerprint density at radius 2 is 1.55 bits per heavy atom. The molecule has 7 heteroatoms. The summed E-state index contributed by atoms with van der Waals surface area (Å²) in [5, 5.41) is 0.643. The Morgan fingerprint density at radius 3 is 2.27 bits per heavy atom. The largest absolute Gasteiger partial charge is 0.376 e. The van der Waals surface area contributed by atoms with Gasteiger partial charge in [-0.25, -0.2) is 8.78 Å². The molecule has 1 aromatic heterocycles. The van der Waals surface area contributed by atoms with Crippen LogP contribution >= 0.6 is 0 Å². The molecule has 1 heterocycles. The van der Waals surface area contributed by atoms with Crippen LogP contribution in [0, 0.1) is 11.6 Å². The second-order valence-corrected chi connectivity index (χ2v) is 5.90. The second-order valence-electron chi connectivity index (χ2n) is 4.42. The molecule has 3 rings (SSSR count). The molecule has 0 saturated heterocycles. The molecular formula is C15H9F2NO3S. The van der Waals surface area contributed by atoms with Gasteiger partial charge in [0.15, 0.2) is 10.6 Å². The normalized spacial score (nSPS) is 11.5. The number of para-hydroxylation sites is 1. The van der Waals surface area contributed by atoms with Gasteiger partial charge in [-0.2, -0.15) is 8.42 Å². The van der Waals surface area contributed by atoms with Crippen molar-refractivity contribution in [2.75, 3.05) is 0 Å². The van der Waals surface area contributed by atoms with Crippen molar-refractivity contribution in [3.05, 3.63) is 66.4 Å². The van der Waals surface area contributed by atoms with Crippen LogP contribution in [-0.2, 0) is 10.1 Å². The van der Waals surface area contributed by atoms with Crippen molar-refractivity contribution in [2.24, 2.45) is 0 Å². The van der Waals surface area contributed by atoms with Gasteiger partial charge < -0.3 is 4.18 Å². The SMILES string of the molecule is O=S(=O)(Oc1cccc2cccnc12)c1c(F)cccc1F. The first-order chi connectivity index (χ1) is 10.5. The lowest BCUT2D eigenvalue weighted by atomic mass is 10.2. The molecule has 0 spiro atoms. The molecule has 0 aliphatic rings. The van der Waals surface area contributed by atoms with E-state index < -0.39 is 26.6 Å². The van der Waals surface area contributed by atoms with E-state index in [2.05, 4.69) is 4.98 Å². The van der Waals surface area contributed by atoms with Gasteiger partial charge in [0.2, 0.25) is 0 Å². The molecule has 0 unspecified atom stereocenters. The average Bonchev–Trinajstić information content (AvgIpc) is 2.47. The second kappa shape index (κ2) is 5.34. The van der Waals surface area contributed by atoms with Crippen molar-refractivity contribution in [3.8, 4) is 5.75 Å². The Labute approximate surface area is 125 Å². The van der Waals surface area contributed by atoms with Gasteiger partial charge in [-0.05, 0) is 24.3 Å². The number of pyridine rings is 1. The van der Waals surface area contributed by atoms with Crippen molar-refractivity contribution >= 4 is 21.0 Å². The lowest BCUT2D eigenvalue weighted by Gasteiger charge is -2.10. The third-order valence-electron chi connectivity index (χ3n) is 2.96. The number of rotatable bonds is 3. The quantitative estimate of drug-likeness (QED) is 0.695. The lowest BCUT2D eigenvalue weighted by Crippen LogP contribution is -2.14. The molecule has 2 aromatic carbocycles. The summed E-state index contributed by atoms with van der Waals surface area (Å²) in [5.41, 5.74) is 0.283. The molecule has 0 aliphatic heterocycles. The number of fused-ring (bicyclic) bond motifs is 1. The zero-order chi connectivity index (χ0) is 15.7. The molecule has 22 heavy (non-hydrogen) atoms. The predicted molar refractivity (Wildman–Crippen MR) is 75.9 cm³/mol. The Kier molecular flexibility index (Phi) is 3.50. The van der Waals surface area contributed by atoms with Gasteiger partial charge >= 0.3 is 10.1 Å². The summed E-state index contributed by atoms with van der Waals surface area (Å²) in [4.78, 5) is 2.90. The van der Waals surface area contributed by atoms with E-state index in [1.807, 2.05) is 0 Å². The fraction of sp³-hybridized carbons (Fsp3) is 0. The predicted octanol–water partition coefficient (Wildman–Crippen LogP) is 3.28. The Balaban J connectivity index is 2.12. The number of aromatic nitrogens is 1. The summed E-state index contributed by atoms with van der Waals surface area (Å²) in [6, 6.07) is 10.8. The maximum atomic E-state index is 13.6. The van der Waals surface area contributed by atoms with Gasteiger partial charge in [0.25, 0.3) is 0 Å². The van der Waals surface area contributed by atoms with Crippen molar-refractivity contribution in [1.82, 2.24) is 4.98 Å². The van der Waals surface area contributed by atoms with E-state index in [9.17, 15) is 17.2 Å². The number of hydrogen-bond donors (Lipinski definition) is 0. The van der Waals surface area contributed by atoms with Crippen molar-refractivity contribution in [2.45, 2.75) is 4.90 Å². The van der Waals surface area contributed by atoms with E-state index in [0.717, 1.165) is 18.2 Å². The Hall–Kier alpha value is -2.54. The summed E-state index contributed by atoms with van der Waals surface area (Å²) in [6.07, 6.45) is 1.46. The number of nitrogens with zero attached hydrogens (tertiary/aromatic N) is 1. The molecule has 0 radical (unpaired) electrons. The molecule has 4 nitrogen and oxygen atoms in total. The molecule has 3 aromatic rings. The minimum Gasteiger partial charge on any atom is -0.376 e. The third-order valence-corrected chi connectivity index (χ3v) is 4.25. The van der Waals surface area contributed by atoms with E-state index in [0.29, 0.717) is 5.39 Å². The molecule has 112 valence electrons. The molecular weight excluding hydrogens is 312 g/mol. The smallest absolute Gasteiger partial charge is 0.345 e. The van der Waals surface area contributed by atoms with Gasteiger partial charge in [0.05, 0.1) is 0 Å². The zero-order valence-electron chi connectivity index (χ0n) is 11.0. The number of benzene rings is 2. The molecule has 0 amide bonds. The summed E-state index contributed by atoms with van der Waals surface area (Å²) in [6.45, 7) is 0. The fourth-order valence-corrected chi connectivity index (χ4v) is 3.09. The van der Waals surface area contributed by atoms with Crippen LogP contribution in [0.4, 0.5) is 8.78 Å². The van der Waals surface area contributed by atoms with Crippen LogP contribution in [-0.4, -0.2) is 13.4 Å². The van der Waals surface area contributed by atoms with Crippen LogP contribution in [0.15, 0.2) is 59.6 Å². The third kappa shape index (κ3) is 2.50. The molecule has 0 N–H and O–H groups in total. The zero-order valence-corrected chi connectivity index (χ0v) is 11.8. The summed E-state index contributed by atoms with van der Waals surface area (Å²) < 4.78 is 56.5. The van der Waals surface area contributed by atoms with Gasteiger partial charge in [0, 0.05) is 11.6 Å². The summed E-state index contributed by atoms with van der Waals surface area (Å²) in [5.74, 6) is -2.53. The average molecular weight is 321 g/mol. The van der Waals surface area contributed by atoms with Crippen molar-refractivity contribution in [1.29, 1.82) is 0 Å². The van der Waals surface area contributed by atoms with Crippen LogP contribution in [0.5, 0.6) is 5.75 Å². The van der Waals surface area contributed by atoms with Crippen LogP contribution in [0.2, 0.25) is 0 Å². The van der Waals surface area contributed by atoms with E-state index in [1.165, 1.54) is 12.3 Å². The Bertz CT molecular complexity index is 932. The van der Waals surface area contributed by atoms with Crippen LogP contribution in [0.25, 0.3) is 10.9 Å². The summed E-state index contributed by atoms with van der Waals surface area (Å²) in [7, 11) is -4.66. The number of hydrogen-bond acceptors (Lipinski definition) is 4. The first-order valence-electron chi connectivity index (χ1n) is 6.21. The first-order valence-corrected chi connectivity index (χ1v) is 7.62. The van der Waals surface area contributed by atoms with E-state index in [4.69, 9.17) is 4.18 Å². The minimum atomic E-state index is -4.66. The van der Waals surface area contributed by atoms with E-state index >= 15 is 0 Å². The maximum absolute atomic E-state index is 13.6. The van der Waals surface area contributed by atoms with E-state index in [1.54, 1.807) is 24.3 Å². The maximum Gasteiger partial charge on any atom is 0.345 e. The number of halogens is 2. The topological polar surface area (TPSA) is 56.3 Å². The lowest BCUT2D eigenvalue weighted by molar-refractivity contribution is 0.461. The van der Waals surface area contributed by atoms with Gasteiger partial charge in [-0.15, -0.1) is 0 Å². The van der Waals surface area contributed by atoms with Crippen LogP contribution < -0.4 is 4.18 Å². The van der Waals surface area contributed by atoms with Crippen molar-refractivity contribution < 1.29 is 21.4 Å². The molecule has 0 bridgehead atoms. The monoisotopic (exact) mass is 321 g/mol. The standard InChI is InChI=1S/C15H9F2NO3S/c16-11-6-2-7-12(17)15(11)22(19,20)21-13-8-1-4-10-5-3-9-18-14(10)13/h1-9H. The molecule has 0 fully saturated rings. The van der Waals surface area contributed by atoms with Gasteiger partial charge in [0.1, 0.15) is 17.2 Å². The molecule has 0 atom stereocenters. The summed E-state index contributed by atoms with van der Waals surface area (Å²) >= 11 is 0. The minimum absolute atomic E-state index is 0.0965. The highest BCUT2D eigenvalue weighted by atomic mass is 32.2. The highest BCUT2D eigenvalue weighted by molar-refractivity contribution is 7.87. The van der Waals surface area contributed by atoms with Crippen LogP contribution in [0.1, 0.15) is 0 Å². The van der Waals surface area contributed by atoms with Crippen LogP contribution in [0.3, 0.4) is 0 Å². The molecule has 0 saturated carbocycles. The Morgan fingerprint density at radius 1 is 0.909 bits per heavy atom. The highest BCUT2D eigenvalue weighted by Gasteiger charge is 2.26. The van der Waals surface area contributed by atoms with Gasteiger partial charge in [-0.3, -0.25) is 4.98 Å².